The molecule has 3 nitrogen and oxygen atoms in total. The monoisotopic (exact) mass is 217 g/mol. The summed E-state index contributed by atoms with van der Waals surface area (Å²) >= 11 is 0. The molecule has 2 fully saturated rings. The molecule has 14 heavy (non-hydrogen) atoms. The molecule has 0 aliphatic carbocycles. The first-order chi connectivity index (χ1) is 6.64. The van der Waals surface area contributed by atoms with E-state index < -0.39 is 9.84 Å². The minimum absolute atomic E-state index is 0.0318. The van der Waals surface area contributed by atoms with Crippen LogP contribution in [0.2, 0.25) is 0 Å². The Kier molecular flexibility index (Phi) is 2.84. The second-order valence-electron chi connectivity index (χ2n) is 4.53. The van der Waals surface area contributed by atoms with Gasteiger partial charge in [0.05, 0.1) is 10.5 Å². The van der Waals surface area contributed by atoms with Gasteiger partial charge in [-0.15, -0.1) is 0 Å². The van der Waals surface area contributed by atoms with Crippen LogP contribution in [0.3, 0.4) is 0 Å². The fourth-order valence-electron chi connectivity index (χ4n) is 2.72. The quantitative estimate of drug-likeness (QED) is 0.770. The molecule has 2 atom stereocenters. The first kappa shape index (κ1) is 10.4. The van der Waals surface area contributed by atoms with Crippen molar-refractivity contribution in [2.75, 3.05) is 6.54 Å². The third-order valence-electron chi connectivity index (χ3n) is 3.52. The molecule has 2 bridgehead atoms. The number of hydrogen-bond donors (Lipinski definition) is 1. The van der Waals surface area contributed by atoms with E-state index >= 15 is 0 Å². The van der Waals surface area contributed by atoms with Gasteiger partial charge in [-0.1, -0.05) is 6.92 Å². The molecule has 0 aromatic rings. The molecule has 2 aliphatic rings. The fourth-order valence-corrected chi connectivity index (χ4v) is 5.20. The van der Waals surface area contributed by atoms with Crippen LogP contribution in [0, 0.1) is 0 Å². The van der Waals surface area contributed by atoms with Crippen LogP contribution in [-0.4, -0.2) is 31.5 Å². The average molecular weight is 217 g/mol. The number of hydrogen-bond acceptors (Lipinski definition) is 3. The zero-order chi connectivity index (χ0) is 10.2. The van der Waals surface area contributed by atoms with Crippen molar-refractivity contribution in [3.63, 3.8) is 0 Å². The van der Waals surface area contributed by atoms with Crippen molar-refractivity contribution < 1.29 is 8.42 Å². The summed E-state index contributed by atoms with van der Waals surface area (Å²) in [7, 11) is -2.73. The molecule has 2 saturated heterocycles. The predicted molar refractivity (Wildman–Crippen MR) is 57.0 cm³/mol. The lowest BCUT2D eigenvalue weighted by Gasteiger charge is -2.28. The van der Waals surface area contributed by atoms with E-state index in [1.54, 1.807) is 0 Å². The van der Waals surface area contributed by atoms with Gasteiger partial charge in [0, 0.05) is 6.04 Å². The minimum atomic E-state index is -2.73. The predicted octanol–water partition coefficient (Wildman–Crippen LogP) is 1.09. The van der Waals surface area contributed by atoms with Gasteiger partial charge in [-0.2, -0.15) is 0 Å². The number of sulfone groups is 1. The summed E-state index contributed by atoms with van der Waals surface area (Å²) in [5.74, 6) is 0. The summed E-state index contributed by atoms with van der Waals surface area (Å²) in [6, 6.07) is 0.455. The summed E-state index contributed by atoms with van der Waals surface area (Å²) < 4.78 is 23.5. The van der Waals surface area contributed by atoms with Gasteiger partial charge in [0.2, 0.25) is 0 Å². The van der Waals surface area contributed by atoms with Gasteiger partial charge in [0.15, 0.2) is 9.84 Å². The Morgan fingerprint density at radius 3 is 2.29 bits per heavy atom. The van der Waals surface area contributed by atoms with Crippen LogP contribution in [-0.2, 0) is 9.84 Å². The van der Waals surface area contributed by atoms with Crippen molar-refractivity contribution >= 4 is 9.84 Å². The zero-order valence-electron chi connectivity index (χ0n) is 8.70. The Morgan fingerprint density at radius 2 is 1.79 bits per heavy atom. The molecule has 4 heteroatoms. The molecule has 0 radical (unpaired) electrons. The van der Waals surface area contributed by atoms with E-state index in [1.165, 1.54) is 0 Å². The van der Waals surface area contributed by atoms with E-state index in [1.807, 2.05) is 0 Å². The van der Waals surface area contributed by atoms with Crippen LogP contribution >= 0.6 is 0 Å². The third kappa shape index (κ3) is 1.70. The summed E-state index contributed by atoms with van der Waals surface area (Å²) in [4.78, 5) is 0. The van der Waals surface area contributed by atoms with E-state index in [9.17, 15) is 8.42 Å². The summed E-state index contributed by atoms with van der Waals surface area (Å²) in [6.07, 6.45) is 4.62. The molecule has 2 heterocycles. The van der Waals surface area contributed by atoms with Crippen LogP contribution in [0.15, 0.2) is 0 Å². The second-order valence-corrected chi connectivity index (χ2v) is 7.04. The summed E-state index contributed by atoms with van der Waals surface area (Å²) in [5.41, 5.74) is 0. The van der Waals surface area contributed by atoms with E-state index in [4.69, 9.17) is 0 Å². The van der Waals surface area contributed by atoms with Crippen molar-refractivity contribution in [2.45, 2.75) is 55.6 Å². The molecule has 2 unspecified atom stereocenters. The van der Waals surface area contributed by atoms with Gasteiger partial charge in [-0.25, -0.2) is 8.42 Å². The normalized spacial score (nSPS) is 39.9. The lowest BCUT2D eigenvalue weighted by atomic mass is 10.1. The lowest BCUT2D eigenvalue weighted by molar-refractivity contribution is 0.432. The van der Waals surface area contributed by atoms with Crippen molar-refractivity contribution in [1.29, 1.82) is 0 Å². The standard InChI is InChI=1S/C10H19NO2S/c1-2-5-11-8-6-9-3-4-10(7-8)14(9,12)13/h8-11H,2-7H2,1H3. The Morgan fingerprint density at radius 1 is 1.21 bits per heavy atom. The molecular formula is C10H19NO2S. The lowest BCUT2D eigenvalue weighted by Crippen LogP contribution is -2.43. The third-order valence-corrected chi connectivity index (χ3v) is 6.23. The van der Waals surface area contributed by atoms with Crippen molar-refractivity contribution in [1.82, 2.24) is 5.32 Å². The summed E-state index contributed by atoms with van der Waals surface area (Å²) in [5, 5.41) is 3.38. The van der Waals surface area contributed by atoms with Crippen LogP contribution in [0.5, 0.6) is 0 Å². The average Bonchev–Trinajstić information content (AvgIpc) is 2.40. The Bertz CT molecular complexity index is 279. The van der Waals surface area contributed by atoms with E-state index in [-0.39, 0.29) is 10.5 Å². The van der Waals surface area contributed by atoms with Gasteiger partial charge in [0.1, 0.15) is 0 Å². The molecule has 0 amide bonds. The van der Waals surface area contributed by atoms with Gasteiger partial charge < -0.3 is 5.32 Å². The van der Waals surface area contributed by atoms with Crippen molar-refractivity contribution in [3.05, 3.63) is 0 Å². The summed E-state index contributed by atoms with van der Waals surface area (Å²) in [6.45, 7) is 3.16. The van der Waals surface area contributed by atoms with Gasteiger partial charge in [-0.05, 0) is 38.6 Å². The smallest absolute Gasteiger partial charge is 0.156 e. The topological polar surface area (TPSA) is 46.2 Å². The molecule has 82 valence electrons. The molecule has 0 saturated carbocycles. The molecule has 0 aromatic heterocycles. The maximum atomic E-state index is 11.8. The SMILES string of the molecule is CCCNC1CC2CCC(C1)S2(=O)=O. The molecule has 0 aromatic carbocycles. The molecular weight excluding hydrogens is 198 g/mol. The van der Waals surface area contributed by atoms with Crippen LogP contribution in [0.1, 0.15) is 39.0 Å². The largest absolute Gasteiger partial charge is 0.314 e. The maximum absolute atomic E-state index is 11.8. The van der Waals surface area contributed by atoms with Crippen LogP contribution in [0.4, 0.5) is 0 Å². The van der Waals surface area contributed by atoms with Gasteiger partial charge in [-0.3, -0.25) is 0 Å². The highest BCUT2D eigenvalue weighted by Crippen LogP contribution is 2.38. The first-order valence-electron chi connectivity index (χ1n) is 5.60. The van der Waals surface area contributed by atoms with Crippen LogP contribution in [0.25, 0.3) is 0 Å². The van der Waals surface area contributed by atoms with E-state index in [0.29, 0.717) is 6.04 Å². The maximum Gasteiger partial charge on any atom is 0.156 e. The highest BCUT2D eigenvalue weighted by atomic mass is 32.2. The Hall–Kier alpha value is -0.0900. The fraction of sp³-hybridized carbons (Fsp3) is 1.00. The number of nitrogens with one attached hydrogen (secondary N) is 1. The van der Waals surface area contributed by atoms with Gasteiger partial charge in [0.25, 0.3) is 0 Å². The molecule has 0 spiro atoms. The molecule has 2 rings (SSSR count). The minimum Gasteiger partial charge on any atom is -0.314 e. The molecule has 2 aliphatic heterocycles. The highest BCUT2D eigenvalue weighted by molar-refractivity contribution is 7.93. The van der Waals surface area contributed by atoms with Crippen LogP contribution < -0.4 is 5.32 Å². The van der Waals surface area contributed by atoms with E-state index in [0.717, 1.165) is 38.6 Å². The second kappa shape index (κ2) is 3.81. The van der Waals surface area contributed by atoms with E-state index in [2.05, 4.69) is 12.2 Å². The van der Waals surface area contributed by atoms with Crippen molar-refractivity contribution in [2.24, 2.45) is 0 Å². The number of fused-ring (bicyclic) bond motifs is 2. The number of rotatable bonds is 3. The molecule has 1 N–H and O–H groups in total. The first-order valence-corrected chi connectivity index (χ1v) is 7.21. The van der Waals surface area contributed by atoms with Crippen molar-refractivity contribution in [3.8, 4) is 0 Å². The zero-order valence-corrected chi connectivity index (χ0v) is 9.52. The Balaban J connectivity index is 1.99. The Labute approximate surface area is 86.2 Å². The highest BCUT2D eigenvalue weighted by Gasteiger charge is 2.46. The van der Waals surface area contributed by atoms with Gasteiger partial charge >= 0.3 is 0 Å².